The molecule has 0 amide bonds. The van der Waals surface area contributed by atoms with Gasteiger partial charge in [-0.1, -0.05) is 18.2 Å². The smallest absolute Gasteiger partial charge is 0.364 e. The number of carbonyl (C=O) groups excluding carboxylic acids is 1. The molecule has 0 spiro atoms. The fraction of sp³-hybridized carbons (Fsp3) is 0.188. The van der Waals surface area contributed by atoms with Gasteiger partial charge in [0.25, 0.3) is 5.89 Å². The summed E-state index contributed by atoms with van der Waals surface area (Å²) in [5, 5.41) is 0. The Balaban J connectivity index is 2.08. The number of hydrogen-bond acceptors (Lipinski definition) is 8. The highest BCUT2D eigenvalue weighted by Gasteiger charge is 2.27. The molecule has 0 aliphatic carbocycles. The molecule has 0 unspecified atom stereocenters. The Morgan fingerprint density at radius 1 is 0.917 bits per heavy atom. The number of benzene rings is 1. The van der Waals surface area contributed by atoms with Gasteiger partial charge in [-0.2, -0.15) is 9.97 Å². The Morgan fingerprint density at radius 2 is 1.58 bits per heavy atom. The van der Waals surface area contributed by atoms with Crippen LogP contribution in [0.15, 0.2) is 39.2 Å². The number of oxazole rings is 2. The Hall–Kier alpha value is -3.29. The molecule has 0 atom stereocenters. The largest absolute Gasteiger partial charge is 0.467 e. The van der Waals surface area contributed by atoms with Crippen molar-refractivity contribution in [2.45, 2.75) is 0 Å². The molecule has 0 saturated heterocycles. The average molecular weight is 330 g/mol. The zero-order valence-electron chi connectivity index (χ0n) is 13.2. The van der Waals surface area contributed by atoms with E-state index in [0.29, 0.717) is 5.89 Å². The van der Waals surface area contributed by atoms with Crippen LogP contribution in [0.3, 0.4) is 0 Å². The van der Waals surface area contributed by atoms with Crippen molar-refractivity contribution in [1.82, 2.24) is 9.97 Å². The van der Waals surface area contributed by atoms with Crippen molar-refractivity contribution >= 4 is 5.97 Å². The van der Waals surface area contributed by atoms with Crippen LogP contribution in [-0.2, 0) is 4.74 Å². The number of rotatable bonds is 5. The third kappa shape index (κ3) is 2.69. The molecule has 0 fully saturated rings. The number of aromatic nitrogens is 2. The molecule has 0 aliphatic heterocycles. The maximum atomic E-state index is 11.7. The van der Waals surface area contributed by atoms with Crippen molar-refractivity contribution in [3.8, 4) is 34.9 Å². The predicted molar refractivity (Wildman–Crippen MR) is 81.9 cm³/mol. The summed E-state index contributed by atoms with van der Waals surface area (Å²) in [6, 6.07) is 9.27. The van der Waals surface area contributed by atoms with Gasteiger partial charge in [-0.15, -0.1) is 0 Å². The zero-order chi connectivity index (χ0) is 17.1. The van der Waals surface area contributed by atoms with E-state index in [1.165, 1.54) is 21.3 Å². The average Bonchev–Trinajstić information content (AvgIpc) is 3.25. The summed E-state index contributed by atoms with van der Waals surface area (Å²) in [4.78, 5) is 20.1. The van der Waals surface area contributed by atoms with E-state index in [-0.39, 0.29) is 29.2 Å². The van der Waals surface area contributed by atoms with Crippen LogP contribution in [0.25, 0.3) is 23.0 Å². The highest BCUT2D eigenvalue weighted by Crippen LogP contribution is 2.36. The van der Waals surface area contributed by atoms with Gasteiger partial charge in [-0.3, -0.25) is 0 Å². The van der Waals surface area contributed by atoms with Crippen molar-refractivity contribution in [1.29, 1.82) is 0 Å². The molecule has 0 bridgehead atoms. The van der Waals surface area contributed by atoms with Gasteiger partial charge in [0.1, 0.15) is 0 Å². The van der Waals surface area contributed by atoms with E-state index >= 15 is 0 Å². The molecule has 2 heterocycles. The Morgan fingerprint density at radius 3 is 2.21 bits per heavy atom. The highest BCUT2D eigenvalue weighted by molar-refractivity contribution is 5.90. The van der Waals surface area contributed by atoms with Crippen molar-refractivity contribution in [3.05, 3.63) is 36.0 Å². The number of nitrogens with zero attached hydrogens (tertiary/aromatic N) is 2. The summed E-state index contributed by atoms with van der Waals surface area (Å²) in [6.07, 6.45) is 0. The summed E-state index contributed by atoms with van der Waals surface area (Å²) in [5.41, 5.74) is 0.875. The van der Waals surface area contributed by atoms with Crippen LogP contribution in [0.1, 0.15) is 10.5 Å². The first-order valence-corrected chi connectivity index (χ1v) is 6.91. The van der Waals surface area contributed by atoms with Crippen molar-refractivity contribution in [2.75, 3.05) is 21.3 Å². The summed E-state index contributed by atoms with van der Waals surface area (Å²) < 4.78 is 25.8. The van der Waals surface area contributed by atoms with Crippen molar-refractivity contribution < 1.29 is 27.8 Å². The number of carbonyl (C=O) groups is 1. The summed E-state index contributed by atoms with van der Waals surface area (Å²) in [6.45, 7) is 0. The minimum Gasteiger partial charge on any atom is -0.467 e. The number of methoxy groups -OCH3 is 3. The van der Waals surface area contributed by atoms with E-state index in [1.807, 2.05) is 30.3 Å². The lowest BCUT2D eigenvalue weighted by molar-refractivity contribution is 0.0588. The van der Waals surface area contributed by atoms with Gasteiger partial charge in [0.2, 0.25) is 17.3 Å². The second-order valence-corrected chi connectivity index (χ2v) is 4.58. The number of ether oxygens (including phenoxy) is 3. The molecule has 124 valence electrons. The minimum absolute atomic E-state index is 0.0232. The lowest BCUT2D eigenvalue weighted by atomic mass is 10.2. The second kappa shape index (κ2) is 6.45. The van der Waals surface area contributed by atoms with Gasteiger partial charge >= 0.3 is 17.9 Å². The molecule has 3 rings (SSSR count). The van der Waals surface area contributed by atoms with Gasteiger partial charge in [0.15, 0.2) is 0 Å². The number of hydrogen-bond donors (Lipinski definition) is 0. The minimum atomic E-state index is -0.687. The van der Waals surface area contributed by atoms with Gasteiger partial charge in [0, 0.05) is 5.56 Å². The van der Waals surface area contributed by atoms with Gasteiger partial charge < -0.3 is 23.0 Å². The van der Waals surface area contributed by atoms with Gasteiger partial charge in [0.05, 0.1) is 21.3 Å². The SMILES string of the molecule is COC(=O)c1nc(-c2nc(-c3ccccc3)oc2OC)oc1OC. The fourth-order valence-corrected chi connectivity index (χ4v) is 2.06. The van der Waals surface area contributed by atoms with Crippen LogP contribution in [0.4, 0.5) is 0 Å². The topological polar surface area (TPSA) is 96.8 Å². The molecule has 0 N–H and O–H groups in total. The lowest BCUT2D eigenvalue weighted by Gasteiger charge is -1.95. The van der Waals surface area contributed by atoms with E-state index in [4.69, 9.17) is 18.3 Å². The summed E-state index contributed by atoms with van der Waals surface area (Å²) in [5.74, 6) is -0.306. The van der Waals surface area contributed by atoms with E-state index in [0.717, 1.165) is 5.56 Å². The van der Waals surface area contributed by atoms with E-state index in [2.05, 4.69) is 14.7 Å². The maximum Gasteiger partial charge on any atom is 0.364 e. The van der Waals surface area contributed by atoms with Gasteiger partial charge in [-0.25, -0.2) is 4.79 Å². The normalized spacial score (nSPS) is 10.5. The van der Waals surface area contributed by atoms with E-state index in [1.54, 1.807) is 0 Å². The van der Waals surface area contributed by atoms with Crippen LogP contribution < -0.4 is 9.47 Å². The van der Waals surface area contributed by atoms with Crippen LogP contribution in [-0.4, -0.2) is 37.3 Å². The van der Waals surface area contributed by atoms with Gasteiger partial charge in [-0.05, 0) is 12.1 Å². The first-order chi connectivity index (χ1) is 11.7. The predicted octanol–water partition coefficient (Wildman–Crippen LogP) is 2.80. The molecular weight excluding hydrogens is 316 g/mol. The van der Waals surface area contributed by atoms with Crippen LogP contribution in [0.5, 0.6) is 11.9 Å². The molecule has 8 heteroatoms. The van der Waals surface area contributed by atoms with Crippen molar-refractivity contribution in [2.24, 2.45) is 0 Å². The Kier molecular flexibility index (Phi) is 4.19. The molecular formula is C16H14N2O6. The molecule has 0 saturated carbocycles. The second-order valence-electron chi connectivity index (χ2n) is 4.58. The van der Waals surface area contributed by atoms with Crippen LogP contribution in [0.2, 0.25) is 0 Å². The van der Waals surface area contributed by atoms with E-state index in [9.17, 15) is 4.79 Å². The molecule has 1 aromatic carbocycles. The Labute approximate surface area is 137 Å². The summed E-state index contributed by atoms with van der Waals surface area (Å²) in [7, 11) is 4.02. The monoisotopic (exact) mass is 330 g/mol. The van der Waals surface area contributed by atoms with Crippen LogP contribution >= 0.6 is 0 Å². The lowest BCUT2D eigenvalue weighted by Crippen LogP contribution is -2.03. The van der Waals surface area contributed by atoms with E-state index < -0.39 is 5.97 Å². The van der Waals surface area contributed by atoms with Crippen LogP contribution in [0, 0.1) is 0 Å². The molecule has 0 radical (unpaired) electrons. The first kappa shape index (κ1) is 15.6. The highest BCUT2D eigenvalue weighted by atomic mass is 16.6. The summed E-state index contributed by atoms with van der Waals surface area (Å²) >= 11 is 0. The molecule has 3 aromatic rings. The molecule has 0 aliphatic rings. The zero-order valence-corrected chi connectivity index (χ0v) is 13.2. The standard InChI is InChI=1S/C16H14N2O6/c1-20-14(19)11-16(22-3)24-13(18-11)10-15(21-2)23-12(17-10)9-7-5-4-6-8-9/h4-8H,1-3H3. The quantitative estimate of drug-likeness (QED) is 0.659. The number of esters is 1. The fourth-order valence-electron chi connectivity index (χ4n) is 2.06. The maximum absolute atomic E-state index is 11.7. The third-order valence-electron chi connectivity index (χ3n) is 3.16. The molecule has 24 heavy (non-hydrogen) atoms. The molecule has 8 nitrogen and oxygen atoms in total. The third-order valence-corrected chi connectivity index (χ3v) is 3.16. The van der Waals surface area contributed by atoms with Crippen molar-refractivity contribution in [3.63, 3.8) is 0 Å². The Bertz CT molecular complexity index is 853. The molecule has 2 aromatic heterocycles. The first-order valence-electron chi connectivity index (χ1n) is 6.91.